The Morgan fingerprint density at radius 1 is 1.13 bits per heavy atom. The summed E-state index contributed by atoms with van der Waals surface area (Å²) in [6, 6.07) is 10.4. The average Bonchev–Trinajstić information content (AvgIpc) is 2.66. The summed E-state index contributed by atoms with van der Waals surface area (Å²) in [5, 5.41) is 0.227. The summed E-state index contributed by atoms with van der Waals surface area (Å²) in [5.74, 6) is 0. The van der Waals surface area contributed by atoms with Gasteiger partial charge in [-0.3, -0.25) is 0 Å². The third kappa shape index (κ3) is 3.10. The first-order valence-electron chi connectivity index (χ1n) is 4.98. The van der Waals surface area contributed by atoms with Gasteiger partial charge in [-0.05, 0) is 36.4 Å². The minimum absolute atomic E-state index is 0.227. The first kappa shape index (κ1) is 10.2. The third-order valence-corrected chi connectivity index (χ3v) is 2.44. The molecule has 0 atom stereocenters. The Balaban J connectivity index is 1.80. The van der Waals surface area contributed by atoms with Crippen LogP contribution in [0, 0.1) is 0 Å². The summed E-state index contributed by atoms with van der Waals surface area (Å²) in [6.45, 7) is 0. The number of aryl methyl sites for hydroxylation is 2. The summed E-state index contributed by atoms with van der Waals surface area (Å²) >= 11 is 5.58. The Bertz CT molecular complexity index is 411. The lowest BCUT2D eigenvalue weighted by molar-refractivity contribution is 0.558. The molecule has 0 saturated heterocycles. The Labute approximate surface area is 93.9 Å². The van der Waals surface area contributed by atoms with Gasteiger partial charge in [0.25, 0.3) is 5.35 Å². The zero-order chi connectivity index (χ0) is 10.5. The molecule has 0 radical (unpaired) electrons. The standard InChI is InChI=1S/C12H12ClNO/c13-12-14-11(9-15-12)8-4-7-10-5-2-1-3-6-10/h1-3,5-6,9H,4,7-8H2. The van der Waals surface area contributed by atoms with Crippen LogP contribution in [0.25, 0.3) is 0 Å². The smallest absolute Gasteiger partial charge is 0.292 e. The van der Waals surface area contributed by atoms with E-state index >= 15 is 0 Å². The Kier molecular flexibility index (Phi) is 3.41. The molecule has 0 aliphatic carbocycles. The lowest BCUT2D eigenvalue weighted by Gasteiger charge is -1.98. The van der Waals surface area contributed by atoms with Crippen LogP contribution in [0.1, 0.15) is 17.7 Å². The second-order valence-electron chi connectivity index (χ2n) is 3.43. The van der Waals surface area contributed by atoms with E-state index in [2.05, 4.69) is 29.2 Å². The maximum absolute atomic E-state index is 5.58. The molecule has 78 valence electrons. The molecule has 0 spiro atoms. The fourth-order valence-corrected chi connectivity index (χ4v) is 1.67. The molecule has 1 heterocycles. The molecule has 15 heavy (non-hydrogen) atoms. The van der Waals surface area contributed by atoms with Gasteiger partial charge in [-0.25, -0.2) is 4.98 Å². The molecular weight excluding hydrogens is 210 g/mol. The van der Waals surface area contributed by atoms with Crippen molar-refractivity contribution in [3.05, 3.63) is 53.2 Å². The van der Waals surface area contributed by atoms with Crippen molar-refractivity contribution in [2.75, 3.05) is 0 Å². The molecule has 0 amide bonds. The highest BCUT2D eigenvalue weighted by molar-refractivity contribution is 6.27. The van der Waals surface area contributed by atoms with Crippen LogP contribution >= 0.6 is 11.6 Å². The van der Waals surface area contributed by atoms with Crippen molar-refractivity contribution in [3.63, 3.8) is 0 Å². The van der Waals surface area contributed by atoms with Gasteiger partial charge in [0.2, 0.25) is 0 Å². The van der Waals surface area contributed by atoms with Crippen LogP contribution in [0.2, 0.25) is 5.35 Å². The van der Waals surface area contributed by atoms with Gasteiger partial charge in [0.15, 0.2) is 0 Å². The van der Waals surface area contributed by atoms with Crippen molar-refractivity contribution in [1.29, 1.82) is 0 Å². The number of nitrogens with zero attached hydrogens (tertiary/aromatic N) is 1. The highest BCUT2D eigenvalue weighted by Crippen LogP contribution is 2.11. The lowest BCUT2D eigenvalue weighted by atomic mass is 10.1. The average molecular weight is 222 g/mol. The second kappa shape index (κ2) is 4.99. The molecule has 0 unspecified atom stereocenters. The molecule has 0 N–H and O–H groups in total. The van der Waals surface area contributed by atoms with E-state index in [4.69, 9.17) is 16.0 Å². The maximum atomic E-state index is 5.58. The van der Waals surface area contributed by atoms with Gasteiger partial charge in [-0.15, -0.1) is 0 Å². The van der Waals surface area contributed by atoms with Crippen LogP contribution in [-0.4, -0.2) is 4.98 Å². The summed E-state index contributed by atoms with van der Waals surface area (Å²) in [5.41, 5.74) is 2.28. The monoisotopic (exact) mass is 221 g/mol. The normalized spacial score (nSPS) is 10.5. The molecule has 2 aromatic rings. The van der Waals surface area contributed by atoms with E-state index in [0.717, 1.165) is 25.0 Å². The van der Waals surface area contributed by atoms with Gasteiger partial charge in [-0.1, -0.05) is 30.3 Å². The Hall–Kier alpha value is -1.28. The molecule has 0 bridgehead atoms. The number of aromatic nitrogens is 1. The van der Waals surface area contributed by atoms with Gasteiger partial charge in [0, 0.05) is 0 Å². The van der Waals surface area contributed by atoms with Gasteiger partial charge < -0.3 is 4.42 Å². The molecule has 0 aliphatic rings. The van der Waals surface area contributed by atoms with Crippen molar-refractivity contribution in [2.24, 2.45) is 0 Å². The molecule has 1 aromatic heterocycles. The fourth-order valence-electron chi connectivity index (χ4n) is 1.52. The van der Waals surface area contributed by atoms with Crippen LogP contribution < -0.4 is 0 Å². The summed E-state index contributed by atoms with van der Waals surface area (Å²) in [7, 11) is 0. The topological polar surface area (TPSA) is 26.0 Å². The fraction of sp³-hybridized carbons (Fsp3) is 0.250. The van der Waals surface area contributed by atoms with Crippen LogP contribution in [-0.2, 0) is 12.8 Å². The van der Waals surface area contributed by atoms with E-state index in [1.807, 2.05) is 6.07 Å². The molecule has 2 nitrogen and oxygen atoms in total. The molecule has 0 fully saturated rings. The Morgan fingerprint density at radius 3 is 2.60 bits per heavy atom. The van der Waals surface area contributed by atoms with Crippen LogP contribution in [0.4, 0.5) is 0 Å². The Morgan fingerprint density at radius 2 is 1.93 bits per heavy atom. The number of oxazole rings is 1. The van der Waals surface area contributed by atoms with Crippen molar-refractivity contribution in [3.8, 4) is 0 Å². The predicted octanol–water partition coefficient (Wildman–Crippen LogP) is 3.50. The minimum Gasteiger partial charge on any atom is -0.436 e. The number of benzene rings is 1. The second-order valence-corrected chi connectivity index (χ2v) is 3.75. The first-order chi connectivity index (χ1) is 7.34. The van der Waals surface area contributed by atoms with Crippen molar-refractivity contribution in [1.82, 2.24) is 4.98 Å². The molecular formula is C12H12ClNO. The quantitative estimate of drug-likeness (QED) is 0.790. The van der Waals surface area contributed by atoms with Gasteiger partial charge in [0.1, 0.15) is 6.26 Å². The third-order valence-electron chi connectivity index (χ3n) is 2.26. The molecule has 0 saturated carbocycles. The van der Waals surface area contributed by atoms with E-state index in [1.54, 1.807) is 6.26 Å². The van der Waals surface area contributed by atoms with Gasteiger partial charge in [0.05, 0.1) is 5.69 Å². The molecule has 3 heteroatoms. The van der Waals surface area contributed by atoms with Crippen molar-refractivity contribution < 1.29 is 4.42 Å². The number of hydrogen-bond donors (Lipinski definition) is 0. The van der Waals surface area contributed by atoms with Crippen molar-refractivity contribution >= 4 is 11.6 Å². The summed E-state index contributed by atoms with van der Waals surface area (Å²) in [4.78, 5) is 4.04. The van der Waals surface area contributed by atoms with Gasteiger partial charge in [-0.2, -0.15) is 0 Å². The number of rotatable bonds is 4. The SMILES string of the molecule is Clc1nc(CCCc2ccccc2)co1. The molecule has 2 rings (SSSR count). The predicted molar refractivity (Wildman–Crippen MR) is 60.0 cm³/mol. The largest absolute Gasteiger partial charge is 0.436 e. The summed E-state index contributed by atoms with van der Waals surface area (Å²) in [6.07, 6.45) is 4.65. The van der Waals surface area contributed by atoms with Crippen LogP contribution in [0.3, 0.4) is 0 Å². The first-order valence-corrected chi connectivity index (χ1v) is 5.36. The maximum Gasteiger partial charge on any atom is 0.292 e. The van der Waals surface area contributed by atoms with Crippen LogP contribution in [0.5, 0.6) is 0 Å². The minimum atomic E-state index is 0.227. The lowest BCUT2D eigenvalue weighted by Crippen LogP contribution is -1.89. The zero-order valence-electron chi connectivity index (χ0n) is 8.32. The van der Waals surface area contributed by atoms with E-state index in [9.17, 15) is 0 Å². The summed E-state index contributed by atoms with van der Waals surface area (Å²) < 4.78 is 4.92. The van der Waals surface area contributed by atoms with E-state index in [-0.39, 0.29) is 5.35 Å². The van der Waals surface area contributed by atoms with E-state index < -0.39 is 0 Å². The molecule has 0 aliphatic heterocycles. The zero-order valence-corrected chi connectivity index (χ0v) is 9.07. The van der Waals surface area contributed by atoms with E-state index in [1.165, 1.54) is 5.56 Å². The van der Waals surface area contributed by atoms with Gasteiger partial charge >= 0.3 is 0 Å². The highest BCUT2D eigenvalue weighted by Gasteiger charge is 2.00. The number of halogens is 1. The van der Waals surface area contributed by atoms with Crippen LogP contribution in [0.15, 0.2) is 41.0 Å². The van der Waals surface area contributed by atoms with E-state index in [0.29, 0.717) is 0 Å². The highest BCUT2D eigenvalue weighted by atomic mass is 35.5. The molecule has 1 aromatic carbocycles. The number of hydrogen-bond acceptors (Lipinski definition) is 2. The van der Waals surface area contributed by atoms with Crippen molar-refractivity contribution in [2.45, 2.75) is 19.3 Å².